The minimum Gasteiger partial charge on any atom is -0.454 e. The van der Waals surface area contributed by atoms with E-state index in [-0.39, 0.29) is 25.1 Å². The lowest BCUT2D eigenvalue weighted by atomic mass is 10.1. The van der Waals surface area contributed by atoms with Crippen LogP contribution in [0.3, 0.4) is 0 Å². The van der Waals surface area contributed by atoms with Crippen LogP contribution in [-0.2, 0) is 20.9 Å². The minimum atomic E-state index is -0.505. The lowest BCUT2D eigenvalue weighted by Gasteiger charge is -2.16. The highest BCUT2D eigenvalue weighted by atomic mass is 16.5. The van der Waals surface area contributed by atoms with Crippen molar-refractivity contribution in [1.82, 2.24) is 15.1 Å². The molecule has 3 N–H and O–H groups in total. The monoisotopic (exact) mass is 294 g/mol. The molecular formula is C14H22N4O3. The average molecular weight is 294 g/mol. The molecule has 7 nitrogen and oxygen atoms in total. The molecule has 0 spiro atoms. The highest BCUT2D eigenvalue weighted by Crippen LogP contribution is 2.16. The molecule has 1 fully saturated rings. The van der Waals surface area contributed by atoms with E-state index in [1.165, 1.54) is 17.5 Å². The summed E-state index contributed by atoms with van der Waals surface area (Å²) in [5.41, 5.74) is 5.45. The average Bonchev–Trinajstić information content (AvgIpc) is 2.70. The van der Waals surface area contributed by atoms with E-state index in [2.05, 4.69) is 10.4 Å². The molecule has 7 heteroatoms. The van der Waals surface area contributed by atoms with Crippen LogP contribution in [0.1, 0.15) is 38.5 Å². The maximum absolute atomic E-state index is 11.8. The Labute approximate surface area is 123 Å². The van der Waals surface area contributed by atoms with Gasteiger partial charge in [-0.25, -0.2) is 0 Å². The standard InChI is InChI=1S/C14H22N4O3/c15-12-7-8-18(17-12)9-14(20)21-10-13(19)16-11-5-3-1-2-4-6-11/h7-8,11H,1-6,9-10H2,(H2,15,17)(H,16,19). The number of nitrogen functional groups attached to an aromatic ring is 1. The number of carbonyl (C=O) groups is 2. The Morgan fingerprint density at radius 2 is 2.05 bits per heavy atom. The lowest BCUT2D eigenvalue weighted by Crippen LogP contribution is -2.37. The van der Waals surface area contributed by atoms with Crippen molar-refractivity contribution in [2.45, 2.75) is 51.1 Å². The van der Waals surface area contributed by atoms with Crippen LogP contribution in [0.15, 0.2) is 12.3 Å². The second kappa shape index (κ2) is 7.66. The number of anilines is 1. The molecule has 116 valence electrons. The van der Waals surface area contributed by atoms with E-state index < -0.39 is 5.97 Å². The minimum absolute atomic E-state index is 0.0477. The Balaban J connectivity index is 1.66. The van der Waals surface area contributed by atoms with Crippen LogP contribution in [0, 0.1) is 0 Å². The molecule has 1 saturated carbocycles. The molecule has 1 aromatic rings. The Hall–Kier alpha value is -2.05. The second-order valence-corrected chi connectivity index (χ2v) is 5.35. The summed E-state index contributed by atoms with van der Waals surface area (Å²) in [4.78, 5) is 23.3. The van der Waals surface area contributed by atoms with Crippen LogP contribution in [0.2, 0.25) is 0 Å². The summed E-state index contributed by atoms with van der Waals surface area (Å²) in [6, 6.07) is 1.80. The number of hydrogen-bond acceptors (Lipinski definition) is 5. The molecule has 0 aliphatic heterocycles. The van der Waals surface area contributed by atoms with Crippen molar-refractivity contribution >= 4 is 17.7 Å². The molecule has 1 aliphatic carbocycles. The molecule has 21 heavy (non-hydrogen) atoms. The van der Waals surface area contributed by atoms with E-state index >= 15 is 0 Å². The zero-order chi connectivity index (χ0) is 15.1. The van der Waals surface area contributed by atoms with Gasteiger partial charge in [0, 0.05) is 12.2 Å². The summed E-state index contributed by atoms with van der Waals surface area (Å²) in [5, 5.41) is 6.80. The molecule has 0 aromatic carbocycles. The Morgan fingerprint density at radius 1 is 1.33 bits per heavy atom. The third-order valence-corrected chi connectivity index (χ3v) is 3.54. The fourth-order valence-electron chi connectivity index (χ4n) is 2.48. The van der Waals surface area contributed by atoms with Crippen molar-refractivity contribution in [3.8, 4) is 0 Å². The van der Waals surface area contributed by atoms with Crippen molar-refractivity contribution in [3.63, 3.8) is 0 Å². The highest BCUT2D eigenvalue weighted by Gasteiger charge is 2.16. The van der Waals surface area contributed by atoms with Crippen molar-refractivity contribution in [2.24, 2.45) is 0 Å². The van der Waals surface area contributed by atoms with Gasteiger partial charge in [-0.2, -0.15) is 5.10 Å². The smallest absolute Gasteiger partial charge is 0.328 e. The van der Waals surface area contributed by atoms with Gasteiger partial charge in [-0.15, -0.1) is 0 Å². The molecule has 1 amide bonds. The molecule has 0 bridgehead atoms. The topological polar surface area (TPSA) is 99.2 Å². The van der Waals surface area contributed by atoms with Gasteiger partial charge < -0.3 is 15.8 Å². The third-order valence-electron chi connectivity index (χ3n) is 3.54. The number of aromatic nitrogens is 2. The van der Waals surface area contributed by atoms with E-state index in [0.717, 1.165) is 25.7 Å². The summed E-state index contributed by atoms with van der Waals surface area (Å²) in [6.07, 6.45) is 8.35. The van der Waals surface area contributed by atoms with Gasteiger partial charge in [0.25, 0.3) is 5.91 Å². The summed E-state index contributed by atoms with van der Waals surface area (Å²) >= 11 is 0. The van der Waals surface area contributed by atoms with Crippen molar-refractivity contribution in [1.29, 1.82) is 0 Å². The van der Waals surface area contributed by atoms with Crippen LogP contribution in [-0.4, -0.2) is 34.3 Å². The zero-order valence-electron chi connectivity index (χ0n) is 12.1. The number of nitrogens with one attached hydrogen (secondary N) is 1. The molecule has 0 atom stereocenters. The van der Waals surface area contributed by atoms with Gasteiger partial charge in [-0.05, 0) is 18.9 Å². The van der Waals surface area contributed by atoms with Gasteiger partial charge >= 0.3 is 5.97 Å². The number of nitrogens with zero attached hydrogens (tertiary/aromatic N) is 2. The first-order valence-electron chi connectivity index (χ1n) is 7.37. The summed E-state index contributed by atoms with van der Waals surface area (Å²) < 4.78 is 6.31. The number of esters is 1. The maximum Gasteiger partial charge on any atom is 0.328 e. The molecule has 0 radical (unpaired) electrons. The van der Waals surface area contributed by atoms with Gasteiger partial charge in [0.15, 0.2) is 6.61 Å². The number of amides is 1. The molecule has 0 saturated heterocycles. The molecule has 1 heterocycles. The maximum atomic E-state index is 11.8. The molecule has 1 aromatic heterocycles. The summed E-state index contributed by atoms with van der Waals surface area (Å²) in [6.45, 7) is -0.292. The van der Waals surface area contributed by atoms with Crippen LogP contribution in [0.4, 0.5) is 5.82 Å². The van der Waals surface area contributed by atoms with Crippen molar-refractivity contribution in [3.05, 3.63) is 12.3 Å². The second-order valence-electron chi connectivity index (χ2n) is 5.35. The van der Waals surface area contributed by atoms with Gasteiger partial charge in [0.2, 0.25) is 0 Å². The van der Waals surface area contributed by atoms with Crippen molar-refractivity contribution in [2.75, 3.05) is 12.3 Å². The predicted molar refractivity (Wildman–Crippen MR) is 77.2 cm³/mol. The van der Waals surface area contributed by atoms with Crippen molar-refractivity contribution < 1.29 is 14.3 Å². The Morgan fingerprint density at radius 3 is 2.67 bits per heavy atom. The first-order valence-corrected chi connectivity index (χ1v) is 7.37. The third kappa shape index (κ3) is 5.45. The quantitative estimate of drug-likeness (QED) is 0.619. The predicted octanol–water partition coefficient (Wildman–Crippen LogP) is 0.847. The fraction of sp³-hybridized carbons (Fsp3) is 0.643. The number of carbonyl (C=O) groups excluding carboxylic acids is 2. The Kier molecular flexibility index (Phi) is 5.59. The SMILES string of the molecule is Nc1ccn(CC(=O)OCC(=O)NC2CCCCCC2)n1. The largest absolute Gasteiger partial charge is 0.454 e. The number of rotatable bonds is 5. The van der Waals surface area contributed by atoms with Gasteiger partial charge in [-0.3, -0.25) is 14.3 Å². The van der Waals surface area contributed by atoms with Crippen LogP contribution in [0.5, 0.6) is 0 Å². The summed E-state index contributed by atoms with van der Waals surface area (Å²) in [7, 11) is 0. The number of nitrogens with two attached hydrogens (primary N) is 1. The first kappa shape index (κ1) is 15.3. The van der Waals surface area contributed by atoms with E-state index in [4.69, 9.17) is 10.5 Å². The number of hydrogen-bond donors (Lipinski definition) is 2. The van der Waals surface area contributed by atoms with Crippen LogP contribution < -0.4 is 11.1 Å². The normalized spacial score (nSPS) is 16.2. The van der Waals surface area contributed by atoms with Crippen LogP contribution >= 0.6 is 0 Å². The van der Waals surface area contributed by atoms with Gasteiger partial charge in [0.1, 0.15) is 12.4 Å². The molecule has 1 aliphatic rings. The molecule has 0 unspecified atom stereocenters. The van der Waals surface area contributed by atoms with E-state index in [0.29, 0.717) is 5.82 Å². The molecular weight excluding hydrogens is 272 g/mol. The fourth-order valence-corrected chi connectivity index (χ4v) is 2.48. The number of ether oxygens (including phenoxy) is 1. The summed E-state index contributed by atoms with van der Waals surface area (Å²) in [5.74, 6) is -0.404. The van der Waals surface area contributed by atoms with Crippen LogP contribution in [0.25, 0.3) is 0 Å². The Bertz CT molecular complexity index is 478. The van der Waals surface area contributed by atoms with E-state index in [1.807, 2.05) is 0 Å². The lowest BCUT2D eigenvalue weighted by molar-refractivity contribution is -0.149. The van der Waals surface area contributed by atoms with Gasteiger partial charge in [-0.1, -0.05) is 25.7 Å². The van der Waals surface area contributed by atoms with E-state index in [1.54, 1.807) is 12.3 Å². The first-order chi connectivity index (χ1) is 10.1. The highest BCUT2D eigenvalue weighted by molar-refractivity contribution is 5.80. The van der Waals surface area contributed by atoms with Gasteiger partial charge in [0.05, 0.1) is 0 Å². The molecule has 2 rings (SSSR count). The van der Waals surface area contributed by atoms with E-state index in [9.17, 15) is 9.59 Å². The zero-order valence-corrected chi connectivity index (χ0v) is 12.1.